The van der Waals surface area contributed by atoms with Gasteiger partial charge in [0.2, 0.25) is 11.3 Å². The number of thioether (sulfide) groups is 1. The van der Waals surface area contributed by atoms with Crippen molar-refractivity contribution in [2.45, 2.75) is 23.6 Å². The maximum absolute atomic E-state index is 12.9. The summed E-state index contributed by atoms with van der Waals surface area (Å²) in [5, 5.41) is 3.00. The third-order valence-electron chi connectivity index (χ3n) is 4.52. The molecule has 0 saturated carbocycles. The van der Waals surface area contributed by atoms with E-state index in [4.69, 9.17) is 9.47 Å². The van der Waals surface area contributed by atoms with Gasteiger partial charge in [0.1, 0.15) is 11.3 Å². The summed E-state index contributed by atoms with van der Waals surface area (Å²) in [5.41, 5.74) is 0.648. The first-order chi connectivity index (χ1) is 14.5. The molecule has 0 unspecified atom stereocenters. The van der Waals surface area contributed by atoms with Crippen LogP contribution < -0.4 is 15.5 Å². The van der Waals surface area contributed by atoms with Crippen LogP contribution in [0.15, 0.2) is 58.4 Å². The number of hydrogen-bond donors (Lipinski definition) is 2. The fraction of sp³-hybridized carbons (Fsp3) is 0.227. The number of esters is 1. The number of pyridine rings is 1. The summed E-state index contributed by atoms with van der Waals surface area (Å²) in [4.78, 5) is 41.2. The number of nitrogens with one attached hydrogen (secondary N) is 2. The molecular formula is C22H22N2O5S. The van der Waals surface area contributed by atoms with E-state index in [0.717, 1.165) is 11.8 Å². The van der Waals surface area contributed by atoms with Crippen molar-refractivity contribution < 1.29 is 19.1 Å². The smallest absolute Gasteiger partial charge is 0.344 e. The highest BCUT2D eigenvalue weighted by Gasteiger charge is 2.25. The molecule has 7 nitrogen and oxygen atoms in total. The van der Waals surface area contributed by atoms with Crippen molar-refractivity contribution in [3.63, 3.8) is 0 Å². The molecule has 1 amide bonds. The molecule has 3 rings (SSSR count). The molecule has 0 spiro atoms. The number of aromatic amines is 1. The highest BCUT2D eigenvalue weighted by Crippen LogP contribution is 2.29. The lowest BCUT2D eigenvalue weighted by atomic mass is 10.1. The topological polar surface area (TPSA) is 97.5 Å². The van der Waals surface area contributed by atoms with Crippen molar-refractivity contribution in [3.8, 4) is 5.75 Å². The van der Waals surface area contributed by atoms with E-state index < -0.39 is 16.6 Å². The van der Waals surface area contributed by atoms with Gasteiger partial charge >= 0.3 is 5.97 Å². The lowest BCUT2D eigenvalue weighted by Crippen LogP contribution is -2.26. The lowest BCUT2D eigenvalue weighted by molar-refractivity contribution is -0.115. The van der Waals surface area contributed by atoms with Crippen LogP contribution in [-0.2, 0) is 9.53 Å². The number of methoxy groups -OCH3 is 2. The Kier molecular flexibility index (Phi) is 6.79. The fourth-order valence-corrected chi connectivity index (χ4v) is 4.06. The molecule has 0 radical (unpaired) electrons. The summed E-state index contributed by atoms with van der Waals surface area (Å²) in [6.45, 7) is 1.86. The average molecular weight is 426 g/mol. The zero-order valence-corrected chi connectivity index (χ0v) is 17.7. The van der Waals surface area contributed by atoms with E-state index in [9.17, 15) is 14.4 Å². The van der Waals surface area contributed by atoms with Gasteiger partial charge in [-0.2, -0.15) is 0 Å². The first-order valence-electron chi connectivity index (χ1n) is 9.33. The van der Waals surface area contributed by atoms with E-state index >= 15 is 0 Å². The molecule has 0 aliphatic carbocycles. The largest absolute Gasteiger partial charge is 0.497 e. The Morgan fingerprint density at radius 2 is 1.90 bits per heavy atom. The Morgan fingerprint density at radius 3 is 2.60 bits per heavy atom. The monoisotopic (exact) mass is 426 g/mol. The number of fused-ring (bicyclic) bond motifs is 1. The van der Waals surface area contributed by atoms with Crippen molar-refractivity contribution >= 4 is 40.2 Å². The SMILES string of the molecule is CC[C@H](Sc1[nH]c2ccccc2c(=O)c1C(=O)OC)C(=O)Nc1cccc(OC)c1. The van der Waals surface area contributed by atoms with Crippen LogP contribution in [0.3, 0.4) is 0 Å². The third kappa shape index (κ3) is 4.49. The Hall–Kier alpha value is -3.26. The number of H-pyrrole nitrogens is 1. The predicted molar refractivity (Wildman–Crippen MR) is 117 cm³/mol. The zero-order valence-electron chi connectivity index (χ0n) is 16.9. The van der Waals surface area contributed by atoms with Crippen LogP contribution in [0, 0.1) is 0 Å². The molecule has 0 saturated heterocycles. The maximum atomic E-state index is 12.9. The van der Waals surface area contributed by atoms with Crippen LogP contribution in [0.1, 0.15) is 23.7 Å². The summed E-state index contributed by atoms with van der Waals surface area (Å²) in [6, 6.07) is 13.9. The molecule has 0 aliphatic rings. The number of rotatable bonds is 7. The molecule has 0 aliphatic heterocycles. The van der Waals surface area contributed by atoms with Crippen molar-refractivity contribution in [1.29, 1.82) is 0 Å². The van der Waals surface area contributed by atoms with Crippen LogP contribution in [-0.4, -0.2) is 36.3 Å². The van der Waals surface area contributed by atoms with Crippen molar-refractivity contribution in [3.05, 3.63) is 64.3 Å². The van der Waals surface area contributed by atoms with Crippen LogP contribution >= 0.6 is 11.8 Å². The summed E-state index contributed by atoms with van der Waals surface area (Å²) in [5.74, 6) is -0.367. The van der Waals surface area contributed by atoms with Crippen LogP contribution in [0.5, 0.6) is 5.75 Å². The second-order valence-corrected chi connectivity index (χ2v) is 7.64. The molecule has 3 aromatic rings. The van der Waals surface area contributed by atoms with Crippen molar-refractivity contribution in [1.82, 2.24) is 4.98 Å². The van der Waals surface area contributed by atoms with E-state index in [2.05, 4.69) is 10.3 Å². The highest BCUT2D eigenvalue weighted by atomic mass is 32.2. The normalized spacial score (nSPS) is 11.7. The molecule has 156 valence electrons. The summed E-state index contributed by atoms with van der Waals surface area (Å²) < 4.78 is 10.00. The van der Waals surface area contributed by atoms with E-state index in [1.54, 1.807) is 55.6 Å². The molecule has 1 atom stereocenters. The van der Waals surface area contributed by atoms with Gasteiger partial charge < -0.3 is 19.8 Å². The Morgan fingerprint density at radius 1 is 1.13 bits per heavy atom. The molecule has 1 heterocycles. The predicted octanol–water partition coefficient (Wildman–Crippen LogP) is 3.83. The second kappa shape index (κ2) is 9.49. The molecule has 2 aromatic carbocycles. The first kappa shape index (κ1) is 21.4. The second-order valence-electron chi connectivity index (χ2n) is 6.43. The molecule has 8 heteroatoms. The Bertz CT molecular complexity index is 1140. The fourth-order valence-electron chi connectivity index (χ4n) is 2.98. The van der Waals surface area contributed by atoms with E-state index in [0.29, 0.717) is 33.8 Å². The molecule has 0 bridgehead atoms. The summed E-state index contributed by atoms with van der Waals surface area (Å²) in [7, 11) is 2.77. The minimum absolute atomic E-state index is 0.103. The number of hydrogen-bond acceptors (Lipinski definition) is 6. The van der Waals surface area contributed by atoms with Gasteiger partial charge in [-0.1, -0.05) is 36.9 Å². The van der Waals surface area contributed by atoms with Gasteiger partial charge in [0.15, 0.2) is 0 Å². The average Bonchev–Trinajstić information content (AvgIpc) is 2.77. The Labute approximate surface area is 177 Å². The van der Waals surface area contributed by atoms with E-state index in [-0.39, 0.29) is 11.5 Å². The first-order valence-corrected chi connectivity index (χ1v) is 10.2. The standard InChI is InChI=1S/C22H22N2O5S/c1-4-17(20(26)23-13-8-7-9-14(12-13)28-2)30-21-18(22(27)29-3)19(25)15-10-5-6-11-16(15)24-21/h5-12,17H,4H2,1-3H3,(H,23,26)(H,24,25)/t17-/m0/s1. The Balaban J connectivity index is 1.95. The number of anilines is 1. The van der Waals surface area contributed by atoms with Gasteiger partial charge in [-0.25, -0.2) is 4.79 Å². The third-order valence-corrected chi connectivity index (χ3v) is 5.90. The number of carbonyl (C=O) groups is 2. The van der Waals surface area contributed by atoms with Gasteiger partial charge in [-0.3, -0.25) is 9.59 Å². The minimum Gasteiger partial charge on any atom is -0.497 e. The number of ether oxygens (including phenoxy) is 2. The highest BCUT2D eigenvalue weighted by molar-refractivity contribution is 8.00. The van der Waals surface area contributed by atoms with E-state index in [1.165, 1.54) is 7.11 Å². The van der Waals surface area contributed by atoms with Crippen molar-refractivity contribution in [2.75, 3.05) is 19.5 Å². The number of benzene rings is 2. The maximum Gasteiger partial charge on any atom is 0.344 e. The van der Waals surface area contributed by atoms with E-state index in [1.807, 2.05) is 6.92 Å². The van der Waals surface area contributed by atoms with Crippen molar-refractivity contribution in [2.24, 2.45) is 0 Å². The van der Waals surface area contributed by atoms with Crippen LogP contribution in [0.4, 0.5) is 5.69 Å². The molecule has 2 N–H and O–H groups in total. The lowest BCUT2D eigenvalue weighted by Gasteiger charge is -2.17. The minimum atomic E-state index is -0.743. The summed E-state index contributed by atoms with van der Waals surface area (Å²) >= 11 is 1.13. The zero-order chi connectivity index (χ0) is 21.7. The number of para-hydroxylation sites is 1. The van der Waals surface area contributed by atoms with Gasteiger partial charge in [0.05, 0.1) is 30.0 Å². The van der Waals surface area contributed by atoms with Gasteiger partial charge in [0.25, 0.3) is 0 Å². The number of amides is 1. The summed E-state index contributed by atoms with van der Waals surface area (Å²) in [6.07, 6.45) is 0.482. The van der Waals surface area contributed by atoms with Gasteiger partial charge in [-0.05, 0) is 30.7 Å². The molecule has 0 fully saturated rings. The number of aromatic nitrogens is 1. The molecule has 30 heavy (non-hydrogen) atoms. The number of carbonyl (C=O) groups excluding carboxylic acids is 2. The van der Waals surface area contributed by atoms with Crippen LogP contribution in [0.25, 0.3) is 10.9 Å². The van der Waals surface area contributed by atoms with Crippen LogP contribution in [0.2, 0.25) is 0 Å². The quantitative estimate of drug-likeness (QED) is 0.440. The molecule has 1 aromatic heterocycles. The molecular weight excluding hydrogens is 404 g/mol. The van der Waals surface area contributed by atoms with Gasteiger partial charge in [-0.15, -0.1) is 0 Å². The van der Waals surface area contributed by atoms with Gasteiger partial charge in [0, 0.05) is 17.1 Å².